The Labute approximate surface area is 101 Å². The van der Waals surface area contributed by atoms with Crippen LogP contribution < -0.4 is 5.32 Å². The van der Waals surface area contributed by atoms with Gasteiger partial charge in [-0.3, -0.25) is 0 Å². The Morgan fingerprint density at radius 3 is 2.80 bits per heavy atom. The summed E-state index contributed by atoms with van der Waals surface area (Å²) in [6, 6.07) is 4.51. The van der Waals surface area contributed by atoms with E-state index >= 15 is 0 Å². The summed E-state index contributed by atoms with van der Waals surface area (Å²) in [4.78, 5) is 4.29. The number of aromatic nitrogens is 1. The molecule has 3 heteroatoms. The van der Waals surface area contributed by atoms with Gasteiger partial charge in [0.25, 0.3) is 0 Å². The maximum absolute atomic E-state index is 4.29. The molecule has 1 atom stereocenters. The first kappa shape index (κ1) is 12.5. The molecule has 0 fully saturated rings. The molecule has 1 unspecified atom stereocenters. The Balaban J connectivity index is 2.31. The number of nitrogens with zero attached hydrogens (tertiary/aromatic N) is 1. The first-order chi connectivity index (χ1) is 7.22. The summed E-state index contributed by atoms with van der Waals surface area (Å²) < 4.78 is 1.02. The van der Waals surface area contributed by atoms with E-state index in [4.69, 9.17) is 0 Å². The van der Waals surface area contributed by atoms with Gasteiger partial charge in [0.2, 0.25) is 0 Å². The van der Waals surface area contributed by atoms with E-state index in [-0.39, 0.29) is 0 Å². The number of hydrogen-bond acceptors (Lipinski definition) is 2. The van der Waals surface area contributed by atoms with Gasteiger partial charge in [0.05, 0.1) is 0 Å². The van der Waals surface area contributed by atoms with Gasteiger partial charge in [-0.25, -0.2) is 4.98 Å². The second kappa shape index (κ2) is 6.83. The summed E-state index contributed by atoms with van der Waals surface area (Å²) in [5.41, 5.74) is 0. The molecule has 1 aromatic rings. The van der Waals surface area contributed by atoms with Gasteiger partial charge in [-0.15, -0.1) is 0 Å². The normalized spacial score (nSPS) is 12.5. The molecule has 0 spiro atoms. The minimum absolute atomic E-state index is 0.505. The SMILES string of the molecule is CCCCCC(C)Nc1ccc(Br)cn1. The maximum atomic E-state index is 4.29. The van der Waals surface area contributed by atoms with Crippen molar-refractivity contribution in [1.29, 1.82) is 0 Å². The highest BCUT2D eigenvalue weighted by Crippen LogP contribution is 2.13. The quantitative estimate of drug-likeness (QED) is 0.783. The average Bonchev–Trinajstić information content (AvgIpc) is 2.22. The van der Waals surface area contributed by atoms with Crippen LogP contribution in [0.1, 0.15) is 39.5 Å². The van der Waals surface area contributed by atoms with Gasteiger partial charge in [0.1, 0.15) is 5.82 Å². The van der Waals surface area contributed by atoms with Gasteiger partial charge < -0.3 is 5.32 Å². The van der Waals surface area contributed by atoms with Crippen LogP contribution in [0.2, 0.25) is 0 Å². The van der Waals surface area contributed by atoms with E-state index in [1.807, 2.05) is 18.3 Å². The smallest absolute Gasteiger partial charge is 0.126 e. The highest BCUT2D eigenvalue weighted by molar-refractivity contribution is 9.10. The molecule has 0 aliphatic rings. The van der Waals surface area contributed by atoms with E-state index in [0.717, 1.165) is 10.3 Å². The van der Waals surface area contributed by atoms with E-state index in [2.05, 4.69) is 40.1 Å². The van der Waals surface area contributed by atoms with Crippen LogP contribution in [0.25, 0.3) is 0 Å². The van der Waals surface area contributed by atoms with Crippen LogP contribution in [0.5, 0.6) is 0 Å². The van der Waals surface area contributed by atoms with Gasteiger partial charge in [-0.1, -0.05) is 26.2 Å². The van der Waals surface area contributed by atoms with Crippen molar-refractivity contribution in [3.63, 3.8) is 0 Å². The van der Waals surface area contributed by atoms with Crippen LogP contribution in [0.4, 0.5) is 5.82 Å². The average molecular weight is 271 g/mol. The number of nitrogens with one attached hydrogen (secondary N) is 1. The van der Waals surface area contributed by atoms with Crippen molar-refractivity contribution < 1.29 is 0 Å². The van der Waals surface area contributed by atoms with Crippen molar-refractivity contribution in [3.8, 4) is 0 Å². The molecule has 1 rings (SSSR count). The summed E-state index contributed by atoms with van der Waals surface area (Å²) >= 11 is 3.37. The van der Waals surface area contributed by atoms with Crippen molar-refractivity contribution >= 4 is 21.7 Å². The van der Waals surface area contributed by atoms with Gasteiger partial charge >= 0.3 is 0 Å². The van der Waals surface area contributed by atoms with Crippen molar-refractivity contribution in [2.75, 3.05) is 5.32 Å². The van der Waals surface area contributed by atoms with Gasteiger partial charge in [0.15, 0.2) is 0 Å². The molecular formula is C12H19BrN2. The van der Waals surface area contributed by atoms with E-state index in [0.29, 0.717) is 6.04 Å². The molecule has 1 N–H and O–H groups in total. The van der Waals surface area contributed by atoms with Crippen LogP contribution in [-0.4, -0.2) is 11.0 Å². The molecule has 0 aliphatic carbocycles. The Hall–Kier alpha value is -0.570. The van der Waals surface area contributed by atoms with Gasteiger partial charge in [0, 0.05) is 16.7 Å². The lowest BCUT2D eigenvalue weighted by atomic mass is 10.1. The monoisotopic (exact) mass is 270 g/mol. The standard InChI is InChI=1S/C12H19BrN2/c1-3-4-5-6-10(2)15-12-8-7-11(13)9-14-12/h7-10H,3-6H2,1-2H3,(H,14,15). The molecule has 0 amide bonds. The maximum Gasteiger partial charge on any atom is 0.126 e. The van der Waals surface area contributed by atoms with E-state index in [1.165, 1.54) is 25.7 Å². The third kappa shape index (κ3) is 5.17. The molecule has 0 radical (unpaired) electrons. The topological polar surface area (TPSA) is 24.9 Å². The predicted molar refractivity (Wildman–Crippen MR) is 69.2 cm³/mol. The molecule has 15 heavy (non-hydrogen) atoms. The lowest BCUT2D eigenvalue weighted by Crippen LogP contribution is -2.15. The molecule has 2 nitrogen and oxygen atoms in total. The minimum Gasteiger partial charge on any atom is -0.368 e. The zero-order chi connectivity index (χ0) is 11.1. The number of pyridine rings is 1. The Morgan fingerprint density at radius 1 is 1.40 bits per heavy atom. The number of anilines is 1. The Morgan fingerprint density at radius 2 is 2.20 bits per heavy atom. The second-order valence-electron chi connectivity index (χ2n) is 3.90. The first-order valence-corrected chi connectivity index (χ1v) is 6.39. The van der Waals surface area contributed by atoms with Crippen LogP contribution in [-0.2, 0) is 0 Å². The molecule has 1 heterocycles. The molecular weight excluding hydrogens is 252 g/mol. The summed E-state index contributed by atoms with van der Waals surface area (Å²) in [6.45, 7) is 4.44. The lowest BCUT2D eigenvalue weighted by Gasteiger charge is -2.13. The fourth-order valence-corrected chi connectivity index (χ4v) is 1.72. The van der Waals surface area contributed by atoms with Crippen molar-refractivity contribution in [2.45, 2.75) is 45.6 Å². The zero-order valence-corrected chi connectivity index (χ0v) is 11.0. The fraction of sp³-hybridized carbons (Fsp3) is 0.583. The number of halogens is 1. The second-order valence-corrected chi connectivity index (χ2v) is 4.82. The molecule has 1 aromatic heterocycles. The number of hydrogen-bond donors (Lipinski definition) is 1. The van der Waals surface area contributed by atoms with Crippen LogP contribution >= 0.6 is 15.9 Å². The molecule has 0 bridgehead atoms. The van der Waals surface area contributed by atoms with Crippen LogP contribution in [0.15, 0.2) is 22.8 Å². The third-order valence-corrected chi connectivity index (χ3v) is 2.83. The van der Waals surface area contributed by atoms with E-state index in [9.17, 15) is 0 Å². The predicted octanol–water partition coefficient (Wildman–Crippen LogP) is 4.22. The van der Waals surface area contributed by atoms with Crippen molar-refractivity contribution in [2.24, 2.45) is 0 Å². The molecule has 0 saturated carbocycles. The summed E-state index contributed by atoms with van der Waals surface area (Å²) in [5.74, 6) is 0.960. The summed E-state index contributed by atoms with van der Waals surface area (Å²) in [7, 11) is 0. The highest BCUT2D eigenvalue weighted by Gasteiger charge is 2.01. The van der Waals surface area contributed by atoms with Crippen LogP contribution in [0, 0.1) is 0 Å². The first-order valence-electron chi connectivity index (χ1n) is 5.60. The lowest BCUT2D eigenvalue weighted by molar-refractivity contribution is 0.614. The molecule has 0 aromatic carbocycles. The fourth-order valence-electron chi connectivity index (χ4n) is 1.49. The van der Waals surface area contributed by atoms with Crippen molar-refractivity contribution in [3.05, 3.63) is 22.8 Å². The zero-order valence-electron chi connectivity index (χ0n) is 9.46. The van der Waals surface area contributed by atoms with Gasteiger partial charge in [-0.2, -0.15) is 0 Å². The van der Waals surface area contributed by atoms with Gasteiger partial charge in [-0.05, 0) is 41.4 Å². The molecule has 0 saturated heterocycles. The largest absolute Gasteiger partial charge is 0.368 e. The van der Waals surface area contributed by atoms with Crippen LogP contribution in [0.3, 0.4) is 0 Å². The highest BCUT2D eigenvalue weighted by atomic mass is 79.9. The summed E-state index contributed by atoms with van der Waals surface area (Å²) in [5, 5.41) is 3.40. The number of rotatable bonds is 6. The van der Waals surface area contributed by atoms with E-state index < -0.39 is 0 Å². The third-order valence-electron chi connectivity index (χ3n) is 2.36. The minimum atomic E-state index is 0.505. The molecule has 84 valence electrons. The molecule has 0 aliphatic heterocycles. The Bertz CT molecular complexity index is 271. The van der Waals surface area contributed by atoms with E-state index in [1.54, 1.807) is 0 Å². The van der Waals surface area contributed by atoms with Crippen molar-refractivity contribution in [1.82, 2.24) is 4.98 Å². The number of unbranched alkanes of at least 4 members (excludes halogenated alkanes) is 2. The summed E-state index contributed by atoms with van der Waals surface area (Å²) in [6.07, 6.45) is 6.93. The Kier molecular flexibility index (Phi) is 5.69.